The fourth-order valence-electron chi connectivity index (χ4n) is 3.50. The molecule has 0 fully saturated rings. The van der Waals surface area contributed by atoms with Crippen LogP contribution in [0.2, 0.25) is 25.7 Å². The molecular weight excluding hydrogens is 402 g/mol. The maximum Gasteiger partial charge on any atom is 0.332 e. The van der Waals surface area contributed by atoms with Gasteiger partial charge in [-0.1, -0.05) is 26.6 Å². The van der Waals surface area contributed by atoms with Crippen LogP contribution in [-0.2, 0) is 29.5 Å². The van der Waals surface area contributed by atoms with E-state index in [1.54, 1.807) is 14.0 Å². The second-order valence-corrected chi connectivity index (χ2v) is 14.8. The Morgan fingerprint density at radius 2 is 1.97 bits per heavy atom. The van der Waals surface area contributed by atoms with E-state index in [-0.39, 0.29) is 37.1 Å². The maximum atomic E-state index is 12.9. The Bertz CT molecular complexity index is 911. The van der Waals surface area contributed by atoms with Crippen molar-refractivity contribution in [1.82, 2.24) is 9.13 Å². The zero-order chi connectivity index (χ0) is 22.5. The van der Waals surface area contributed by atoms with Crippen molar-refractivity contribution in [2.75, 3.05) is 19.8 Å². The van der Waals surface area contributed by atoms with Gasteiger partial charge in [0.1, 0.15) is 5.82 Å². The molecule has 1 atom stereocenters. The predicted octanol–water partition coefficient (Wildman–Crippen LogP) is 1.90. The molecule has 0 aliphatic carbocycles. The smallest absolute Gasteiger partial charge is 0.332 e. The van der Waals surface area contributed by atoms with Gasteiger partial charge in [-0.2, -0.15) is 0 Å². The number of Topliss-reactive ketones (excluding diaryl/α,β-unsaturated/α-hetero) is 1. The molecular formula is C21H35N3O5Si. The van der Waals surface area contributed by atoms with Crippen molar-refractivity contribution >= 4 is 25.4 Å². The molecule has 1 aromatic heterocycles. The minimum absolute atomic E-state index is 0.0190. The van der Waals surface area contributed by atoms with Crippen molar-refractivity contribution in [3.63, 3.8) is 0 Å². The van der Waals surface area contributed by atoms with E-state index >= 15 is 0 Å². The van der Waals surface area contributed by atoms with Gasteiger partial charge in [0.25, 0.3) is 5.56 Å². The van der Waals surface area contributed by atoms with Crippen LogP contribution in [0.25, 0.3) is 0 Å². The Kier molecular flexibility index (Phi) is 8.51. The van der Waals surface area contributed by atoms with Gasteiger partial charge in [-0.25, -0.2) is 9.79 Å². The van der Waals surface area contributed by atoms with Gasteiger partial charge in [-0.3, -0.25) is 18.7 Å². The molecule has 9 heteroatoms. The van der Waals surface area contributed by atoms with Crippen LogP contribution in [-0.4, -0.2) is 53.6 Å². The van der Waals surface area contributed by atoms with Crippen molar-refractivity contribution < 1.29 is 14.6 Å². The molecule has 0 aromatic carbocycles. The van der Waals surface area contributed by atoms with E-state index < -0.39 is 19.3 Å². The first kappa shape index (κ1) is 24.4. The summed E-state index contributed by atoms with van der Waals surface area (Å²) in [5, 5.41) is 9.87. The second-order valence-electron chi connectivity index (χ2n) is 9.14. The fourth-order valence-corrected chi connectivity index (χ4v) is 4.26. The number of ether oxygens (including phenoxy) is 1. The second kappa shape index (κ2) is 10.5. The molecule has 0 bridgehead atoms. The van der Waals surface area contributed by atoms with E-state index in [0.717, 1.165) is 17.2 Å². The number of aliphatic hydroxyl groups excluding tert-OH is 1. The lowest BCUT2D eigenvalue weighted by Gasteiger charge is -2.18. The normalized spacial score (nSPS) is 16.7. The van der Waals surface area contributed by atoms with Crippen molar-refractivity contribution in [1.29, 1.82) is 0 Å². The lowest BCUT2D eigenvalue weighted by atomic mass is 9.94. The summed E-state index contributed by atoms with van der Waals surface area (Å²) >= 11 is 0. The molecule has 1 aliphatic rings. The van der Waals surface area contributed by atoms with Gasteiger partial charge >= 0.3 is 5.69 Å². The highest BCUT2D eigenvalue weighted by Crippen LogP contribution is 2.26. The molecule has 0 amide bonds. The number of aliphatic imine (C=N–C) groups is 1. The van der Waals surface area contributed by atoms with E-state index in [2.05, 4.69) is 24.6 Å². The lowest BCUT2D eigenvalue weighted by Crippen LogP contribution is -2.42. The average molecular weight is 438 g/mol. The summed E-state index contributed by atoms with van der Waals surface area (Å²) in [6, 6.07) is 1.10. The summed E-state index contributed by atoms with van der Waals surface area (Å²) in [4.78, 5) is 41.9. The first-order valence-electron chi connectivity index (χ1n) is 10.7. The standard InChI is InChI=1S/C21H35N3O5Si/c1-6-16(26)13-24-20(27)17-8-7-15(9-10-29-11-12-30(3,4)5)18(14-25)22-19(17)23(2)21(24)28/h15,25H,6-14H2,1-5H3. The highest BCUT2D eigenvalue weighted by Gasteiger charge is 2.26. The molecule has 0 spiro atoms. The highest BCUT2D eigenvalue weighted by molar-refractivity contribution is 6.76. The van der Waals surface area contributed by atoms with E-state index in [1.165, 1.54) is 4.57 Å². The molecule has 1 aromatic rings. The largest absolute Gasteiger partial charge is 0.390 e. The van der Waals surface area contributed by atoms with Crippen LogP contribution in [0.3, 0.4) is 0 Å². The van der Waals surface area contributed by atoms with E-state index in [9.17, 15) is 19.5 Å². The van der Waals surface area contributed by atoms with Crippen molar-refractivity contribution in [3.8, 4) is 0 Å². The molecule has 2 rings (SSSR count). The third kappa shape index (κ3) is 6.09. The summed E-state index contributed by atoms with van der Waals surface area (Å²) in [6.07, 6.45) is 2.04. The molecule has 168 valence electrons. The third-order valence-corrected chi connectivity index (χ3v) is 7.27. The van der Waals surface area contributed by atoms with Crippen LogP contribution in [0, 0.1) is 5.92 Å². The fraction of sp³-hybridized carbons (Fsp3) is 0.714. The minimum atomic E-state index is -1.14. The number of aliphatic hydroxyl groups is 1. The number of carbonyl (C=O) groups excluding carboxylic acids is 1. The Morgan fingerprint density at radius 3 is 2.57 bits per heavy atom. The number of rotatable bonds is 10. The highest BCUT2D eigenvalue weighted by atomic mass is 28.3. The Morgan fingerprint density at radius 1 is 1.27 bits per heavy atom. The maximum absolute atomic E-state index is 12.9. The van der Waals surface area contributed by atoms with Gasteiger partial charge < -0.3 is 9.84 Å². The number of ketones is 1. The van der Waals surface area contributed by atoms with Crippen molar-refractivity contribution in [3.05, 3.63) is 26.4 Å². The molecule has 0 saturated carbocycles. The first-order valence-corrected chi connectivity index (χ1v) is 14.4. The lowest BCUT2D eigenvalue weighted by molar-refractivity contribution is -0.119. The molecule has 1 N–H and O–H groups in total. The summed E-state index contributed by atoms with van der Waals surface area (Å²) in [5.74, 6) is 0.0987. The van der Waals surface area contributed by atoms with Gasteiger partial charge in [0.2, 0.25) is 0 Å². The summed E-state index contributed by atoms with van der Waals surface area (Å²) in [5.41, 5.74) is -0.0221. The summed E-state index contributed by atoms with van der Waals surface area (Å²) < 4.78 is 8.11. The number of hydrogen-bond acceptors (Lipinski definition) is 6. The van der Waals surface area contributed by atoms with Gasteiger partial charge in [0.05, 0.1) is 18.7 Å². The zero-order valence-electron chi connectivity index (χ0n) is 18.9. The summed E-state index contributed by atoms with van der Waals surface area (Å²) in [6.45, 7) is 9.47. The minimum Gasteiger partial charge on any atom is -0.390 e. The van der Waals surface area contributed by atoms with Crippen LogP contribution in [0.15, 0.2) is 14.6 Å². The first-order chi connectivity index (χ1) is 14.1. The Labute approximate surface area is 178 Å². The summed E-state index contributed by atoms with van der Waals surface area (Å²) in [7, 11) is 0.409. The van der Waals surface area contributed by atoms with E-state index in [1.807, 2.05) is 0 Å². The molecule has 30 heavy (non-hydrogen) atoms. The molecule has 2 heterocycles. The van der Waals surface area contributed by atoms with Crippen LogP contribution < -0.4 is 11.2 Å². The van der Waals surface area contributed by atoms with E-state index in [0.29, 0.717) is 37.1 Å². The van der Waals surface area contributed by atoms with Crippen LogP contribution in [0.4, 0.5) is 5.82 Å². The third-order valence-electron chi connectivity index (χ3n) is 5.57. The van der Waals surface area contributed by atoms with Gasteiger partial charge in [0.15, 0.2) is 5.78 Å². The van der Waals surface area contributed by atoms with E-state index in [4.69, 9.17) is 4.74 Å². The van der Waals surface area contributed by atoms with Gasteiger partial charge in [-0.05, 0) is 25.3 Å². The quantitative estimate of drug-likeness (QED) is 0.445. The molecule has 1 aliphatic heterocycles. The molecule has 0 radical (unpaired) electrons. The Hall–Kier alpha value is -1.84. The van der Waals surface area contributed by atoms with Gasteiger partial charge in [0, 0.05) is 46.4 Å². The topological polar surface area (TPSA) is 103 Å². The number of fused-ring (bicyclic) bond motifs is 1. The van der Waals surface area contributed by atoms with Gasteiger partial charge in [-0.15, -0.1) is 0 Å². The average Bonchev–Trinajstić information content (AvgIpc) is 2.88. The van der Waals surface area contributed by atoms with Crippen molar-refractivity contribution in [2.45, 2.75) is 64.8 Å². The van der Waals surface area contributed by atoms with Crippen molar-refractivity contribution in [2.24, 2.45) is 18.0 Å². The SMILES string of the molecule is CCC(=O)Cn1c(=O)c2c(n(C)c1=O)N=C(CO)C(CCOCC[Si](C)(C)C)CC2. The molecule has 8 nitrogen and oxygen atoms in total. The molecule has 0 saturated heterocycles. The van der Waals surface area contributed by atoms with Crippen LogP contribution in [0.5, 0.6) is 0 Å². The van der Waals surface area contributed by atoms with Crippen LogP contribution in [0.1, 0.15) is 31.7 Å². The number of carbonyl (C=O) groups is 1. The predicted molar refractivity (Wildman–Crippen MR) is 121 cm³/mol. The number of aromatic nitrogens is 2. The van der Waals surface area contributed by atoms with Crippen LogP contribution >= 0.6 is 0 Å². The monoisotopic (exact) mass is 437 g/mol. The molecule has 1 unspecified atom stereocenters. The number of hydrogen-bond donors (Lipinski definition) is 1. The number of nitrogens with zero attached hydrogens (tertiary/aromatic N) is 3. The Balaban J connectivity index is 2.23. The zero-order valence-corrected chi connectivity index (χ0v) is 19.9.